The largest absolute Gasteiger partial charge is 0.336 e. The normalized spacial score (nSPS) is 15.7. The van der Waals surface area contributed by atoms with Crippen LogP contribution in [-0.4, -0.2) is 56.3 Å². The summed E-state index contributed by atoms with van der Waals surface area (Å²) in [6.07, 6.45) is 2.59. The Morgan fingerprint density at radius 1 is 1.23 bits per heavy atom. The van der Waals surface area contributed by atoms with Gasteiger partial charge in [-0.25, -0.2) is 13.8 Å². The Kier molecular flexibility index (Phi) is 5.57. The predicted octanol–water partition coefficient (Wildman–Crippen LogP) is 3.32. The van der Waals surface area contributed by atoms with Crippen molar-refractivity contribution in [2.45, 2.75) is 19.4 Å². The number of halogens is 2. The zero-order valence-corrected chi connectivity index (χ0v) is 19.5. The Balaban J connectivity index is 1.71. The van der Waals surface area contributed by atoms with E-state index in [0.29, 0.717) is 35.2 Å². The zero-order chi connectivity index (χ0) is 24.9. The van der Waals surface area contributed by atoms with E-state index < -0.39 is 11.6 Å². The van der Waals surface area contributed by atoms with Crippen LogP contribution in [0.15, 0.2) is 36.5 Å². The summed E-state index contributed by atoms with van der Waals surface area (Å²) < 4.78 is 33.0. The zero-order valence-electron chi connectivity index (χ0n) is 19.5. The van der Waals surface area contributed by atoms with Crippen molar-refractivity contribution in [2.75, 3.05) is 20.1 Å². The average molecular weight is 476 g/mol. The highest BCUT2D eigenvalue weighted by atomic mass is 19.1. The number of hydrogen-bond donors (Lipinski definition) is 1. The molecule has 3 heterocycles. The van der Waals surface area contributed by atoms with E-state index in [2.05, 4.69) is 15.4 Å². The number of fused-ring (bicyclic) bond motifs is 1. The number of rotatable bonds is 4. The van der Waals surface area contributed by atoms with Gasteiger partial charge in [0.25, 0.3) is 5.91 Å². The molecule has 0 radical (unpaired) electrons. The monoisotopic (exact) mass is 475 g/mol. The van der Waals surface area contributed by atoms with Gasteiger partial charge in [0.1, 0.15) is 29.2 Å². The fourth-order valence-electron chi connectivity index (χ4n) is 4.60. The molecule has 0 bridgehead atoms. The number of aromatic nitrogens is 4. The number of amides is 1. The summed E-state index contributed by atoms with van der Waals surface area (Å²) in [7, 11) is 3.60. The number of nitrogens with one attached hydrogen (secondary N) is 1. The quantitative estimate of drug-likeness (QED) is 0.489. The summed E-state index contributed by atoms with van der Waals surface area (Å²) in [5, 5.41) is 17.2. The van der Waals surface area contributed by atoms with Gasteiger partial charge in [-0.15, -0.1) is 0 Å². The minimum atomic E-state index is -0.718. The molecule has 4 aromatic rings. The number of benzene rings is 2. The van der Waals surface area contributed by atoms with Crippen LogP contribution in [0.3, 0.4) is 0 Å². The number of aryl methyl sites for hydroxylation is 1. The molecule has 1 fully saturated rings. The van der Waals surface area contributed by atoms with Crippen molar-refractivity contribution in [1.29, 1.82) is 5.26 Å². The Morgan fingerprint density at radius 3 is 2.71 bits per heavy atom. The van der Waals surface area contributed by atoms with E-state index >= 15 is 4.39 Å². The Labute approximate surface area is 200 Å². The van der Waals surface area contributed by atoms with Crippen molar-refractivity contribution < 1.29 is 13.6 Å². The van der Waals surface area contributed by atoms with Crippen LogP contribution < -0.4 is 5.32 Å². The molecular weight excluding hydrogens is 452 g/mol. The van der Waals surface area contributed by atoms with Crippen molar-refractivity contribution in [1.82, 2.24) is 29.5 Å². The van der Waals surface area contributed by atoms with Crippen LogP contribution in [0.4, 0.5) is 8.78 Å². The summed E-state index contributed by atoms with van der Waals surface area (Å²) in [5.41, 5.74) is 1.48. The van der Waals surface area contributed by atoms with Gasteiger partial charge in [-0.1, -0.05) is 0 Å². The number of nitrogens with zero attached hydrogens (tertiary/aromatic N) is 6. The van der Waals surface area contributed by atoms with Gasteiger partial charge in [-0.2, -0.15) is 10.4 Å². The topological polar surface area (TPSA) is 91.8 Å². The average Bonchev–Trinajstić information content (AvgIpc) is 3.54. The molecule has 1 N–H and O–H groups in total. The molecule has 0 aliphatic carbocycles. The summed E-state index contributed by atoms with van der Waals surface area (Å²) >= 11 is 0. The molecule has 0 spiro atoms. The first-order chi connectivity index (χ1) is 16.8. The molecule has 1 atom stereocenters. The maximum Gasteiger partial charge on any atom is 0.274 e. The second-order valence-corrected chi connectivity index (χ2v) is 8.70. The van der Waals surface area contributed by atoms with Crippen molar-refractivity contribution in [3.05, 3.63) is 65.1 Å². The highest BCUT2D eigenvalue weighted by Gasteiger charge is 2.31. The van der Waals surface area contributed by atoms with Crippen molar-refractivity contribution in [3.63, 3.8) is 0 Å². The number of likely N-dealkylation sites (tertiary alicyclic amines) is 1. The first-order valence-electron chi connectivity index (χ1n) is 11.2. The molecule has 1 aliphatic rings. The number of likely N-dealkylation sites (N-methyl/N-ethyl adjacent to an activating group) is 1. The summed E-state index contributed by atoms with van der Waals surface area (Å²) in [5.74, 6) is -1.33. The second kappa shape index (κ2) is 8.60. The SMILES string of the molecule is CN[C@H]1CCN(C(=O)c2nc(-c3ccc(C#N)c(F)c3)n(-c3cc4cn(C)nc4cc3F)c2C)C1. The van der Waals surface area contributed by atoms with Gasteiger partial charge in [0.15, 0.2) is 0 Å². The third-order valence-electron chi connectivity index (χ3n) is 6.47. The Hall–Kier alpha value is -4.10. The number of nitriles is 1. The highest BCUT2D eigenvalue weighted by molar-refractivity contribution is 5.95. The van der Waals surface area contributed by atoms with E-state index in [1.54, 1.807) is 48.0 Å². The number of carbonyl (C=O) groups is 1. The Morgan fingerprint density at radius 2 is 2.03 bits per heavy atom. The molecule has 10 heteroatoms. The van der Waals surface area contributed by atoms with Crippen molar-refractivity contribution >= 4 is 16.8 Å². The van der Waals surface area contributed by atoms with Gasteiger partial charge < -0.3 is 10.2 Å². The smallest absolute Gasteiger partial charge is 0.274 e. The first kappa shape index (κ1) is 22.7. The van der Waals surface area contributed by atoms with E-state index in [1.165, 1.54) is 22.8 Å². The van der Waals surface area contributed by atoms with Gasteiger partial charge in [-0.3, -0.25) is 14.0 Å². The third-order valence-corrected chi connectivity index (χ3v) is 6.47. The lowest BCUT2D eigenvalue weighted by atomic mass is 10.1. The molecular formula is C25H23F2N7O. The van der Waals surface area contributed by atoms with E-state index in [4.69, 9.17) is 5.26 Å². The first-order valence-corrected chi connectivity index (χ1v) is 11.2. The van der Waals surface area contributed by atoms with Crippen LogP contribution >= 0.6 is 0 Å². The number of carbonyl (C=O) groups excluding carboxylic acids is 1. The lowest BCUT2D eigenvalue weighted by molar-refractivity contribution is 0.0783. The molecule has 35 heavy (non-hydrogen) atoms. The predicted molar refractivity (Wildman–Crippen MR) is 126 cm³/mol. The summed E-state index contributed by atoms with van der Waals surface area (Å²) in [6, 6.07) is 9.02. The van der Waals surface area contributed by atoms with Gasteiger partial charge in [0.05, 0.1) is 22.5 Å². The van der Waals surface area contributed by atoms with Crippen LogP contribution in [0, 0.1) is 29.9 Å². The van der Waals surface area contributed by atoms with Crippen LogP contribution in [0.2, 0.25) is 0 Å². The molecule has 1 amide bonds. The van der Waals surface area contributed by atoms with Gasteiger partial charge >= 0.3 is 0 Å². The highest BCUT2D eigenvalue weighted by Crippen LogP contribution is 2.31. The lowest BCUT2D eigenvalue weighted by Gasteiger charge is -2.16. The molecule has 178 valence electrons. The van der Waals surface area contributed by atoms with Gasteiger partial charge in [-0.05, 0) is 44.7 Å². The minimum Gasteiger partial charge on any atom is -0.336 e. The van der Waals surface area contributed by atoms with Crippen LogP contribution in [0.1, 0.15) is 28.2 Å². The molecule has 0 saturated carbocycles. The van der Waals surface area contributed by atoms with Crippen LogP contribution in [0.5, 0.6) is 0 Å². The fraction of sp³-hybridized carbons (Fsp3) is 0.280. The maximum absolute atomic E-state index is 15.4. The van der Waals surface area contributed by atoms with Crippen LogP contribution in [-0.2, 0) is 7.05 Å². The number of imidazole rings is 1. The molecule has 0 unspecified atom stereocenters. The molecule has 8 nitrogen and oxygen atoms in total. The third kappa shape index (κ3) is 3.84. The summed E-state index contributed by atoms with van der Waals surface area (Å²) in [6.45, 7) is 2.81. The minimum absolute atomic E-state index is 0.113. The standard InChI is InChI=1S/C25H23F2N7O/c1-14-23(25(35)33-7-6-18(13-33)29-2)30-24(15-4-5-16(11-28)19(26)8-15)34(14)22-9-17-12-32(3)31-21(17)10-20(22)27/h4-5,8-10,12,18,29H,6-7,13H2,1-3H3/t18-/m0/s1. The molecule has 1 saturated heterocycles. The van der Waals surface area contributed by atoms with E-state index in [-0.39, 0.29) is 34.7 Å². The fourth-order valence-corrected chi connectivity index (χ4v) is 4.60. The molecule has 2 aromatic heterocycles. The number of hydrogen-bond acceptors (Lipinski definition) is 5. The van der Waals surface area contributed by atoms with Gasteiger partial charge in [0.2, 0.25) is 0 Å². The van der Waals surface area contributed by atoms with E-state index in [9.17, 15) is 9.18 Å². The van der Waals surface area contributed by atoms with Crippen LogP contribution in [0.25, 0.3) is 28.0 Å². The van der Waals surface area contributed by atoms with E-state index in [0.717, 1.165) is 6.42 Å². The van der Waals surface area contributed by atoms with Crippen molar-refractivity contribution in [2.24, 2.45) is 7.05 Å². The molecule has 5 rings (SSSR count). The van der Waals surface area contributed by atoms with Gasteiger partial charge in [0, 0.05) is 49.4 Å². The second-order valence-electron chi connectivity index (χ2n) is 8.70. The maximum atomic E-state index is 15.4. The lowest BCUT2D eigenvalue weighted by Crippen LogP contribution is -2.34. The summed E-state index contributed by atoms with van der Waals surface area (Å²) in [4.78, 5) is 19.7. The molecule has 1 aliphatic heterocycles. The molecule has 2 aromatic carbocycles. The van der Waals surface area contributed by atoms with Crippen molar-refractivity contribution in [3.8, 4) is 23.1 Å². The Bertz CT molecular complexity index is 1510. The van der Waals surface area contributed by atoms with E-state index in [1.807, 2.05) is 7.05 Å².